The van der Waals surface area contributed by atoms with E-state index >= 15 is 0 Å². The number of carbonyl (C=O) groups is 2. The van der Waals surface area contributed by atoms with E-state index in [1.165, 1.54) is 22.3 Å². The molecule has 1 aliphatic carbocycles. The van der Waals surface area contributed by atoms with Crippen LogP contribution in [0.2, 0.25) is 0 Å². The molecule has 0 spiro atoms. The highest BCUT2D eigenvalue weighted by Crippen LogP contribution is 2.44. The molecule has 0 aromatic heterocycles. The number of benzene rings is 2. The van der Waals surface area contributed by atoms with E-state index in [2.05, 4.69) is 24.3 Å². The second-order valence-corrected chi connectivity index (χ2v) is 7.22. The fourth-order valence-corrected chi connectivity index (χ4v) is 3.66. The van der Waals surface area contributed by atoms with Crippen LogP contribution >= 0.6 is 0 Å². The highest BCUT2D eigenvalue weighted by molar-refractivity contribution is 5.79. The molecule has 0 amide bonds. The molecular formula is C22H24O4. The van der Waals surface area contributed by atoms with Crippen molar-refractivity contribution in [2.45, 2.75) is 32.6 Å². The summed E-state index contributed by atoms with van der Waals surface area (Å²) < 4.78 is 5.57. The minimum absolute atomic E-state index is 0.0120. The number of carboxylic acid groups (broad SMARTS) is 1. The average Bonchev–Trinajstić information content (AvgIpc) is 2.93. The van der Waals surface area contributed by atoms with E-state index in [-0.39, 0.29) is 43.2 Å². The van der Waals surface area contributed by atoms with Crippen LogP contribution in [-0.2, 0) is 14.3 Å². The molecule has 0 fully saturated rings. The van der Waals surface area contributed by atoms with Crippen LogP contribution in [0.3, 0.4) is 0 Å². The summed E-state index contributed by atoms with van der Waals surface area (Å²) in [5.74, 6) is -1.26. The van der Waals surface area contributed by atoms with Crippen molar-refractivity contribution in [3.63, 3.8) is 0 Å². The molecule has 2 aromatic rings. The summed E-state index contributed by atoms with van der Waals surface area (Å²) in [5.41, 5.74) is 4.73. The Kier molecular flexibility index (Phi) is 5.40. The molecule has 0 unspecified atom stereocenters. The third-order valence-corrected chi connectivity index (χ3v) is 5.18. The summed E-state index contributed by atoms with van der Waals surface area (Å²) in [7, 11) is 0. The third kappa shape index (κ3) is 3.79. The van der Waals surface area contributed by atoms with E-state index in [4.69, 9.17) is 9.84 Å². The van der Waals surface area contributed by atoms with E-state index < -0.39 is 5.97 Å². The first-order valence-electron chi connectivity index (χ1n) is 9.03. The van der Waals surface area contributed by atoms with Crippen LogP contribution in [0, 0.1) is 11.8 Å². The Labute approximate surface area is 153 Å². The van der Waals surface area contributed by atoms with Crippen molar-refractivity contribution in [3.05, 3.63) is 59.7 Å². The van der Waals surface area contributed by atoms with Crippen molar-refractivity contribution >= 4 is 11.9 Å². The lowest BCUT2D eigenvalue weighted by Gasteiger charge is -2.19. The van der Waals surface area contributed by atoms with Gasteiger partial charge < -0.3 is 9.84 Å². The second kappa shape index (κ2) is 7.73. The number of rotatable bonds is 7. The minimum Gasteiger partial charge on any atom is -0.481 e. The molecule has 1 aliphatic rings. The molecule has 136 valence electrons. The molecule has 0 saturated carbocycles. The standard InChI is InChI=1S/C22H24O4/c1-14(2)15(11-21(23)24)12-22(25)26-13-20-18-9-5-3-7-16(18)17-8-4-6-10-19(17)20/h3-10,14-15,20H,11-13H2,1-2H3,(H,23,24)/t15-/m1/s1. The topological polar surface area (TPSA) is 63.6 Å². The van der Waals surface area contributed by atoms with E-state index in [9.17, 15) is 9.59 Å². The van der Waals surface area contributed by atoms with Crippen molar-refractivity contribution in [1.82, 2.24) is 0 Å². The van der Waals surface area contributed by atoms with Gasteiger partial charge in [0.2, 0.25) is 0 Å². The maximum absolute atomic E-state index is 12.3. The highest BCUT2D eigenvalue weighted by Gasteiger charge is 2.29. The average molecular weight is 352 g/mol. The van der Waals surface area contributed by atoms with Crippen LogP contribution < -0.4 is 0 Å². The second-order valence-electron chi connectivity index (χ2n) is 7.22. The van der Waals surface area contributed by atoms with Gasteiger partial charge in [-0.2, -0.15) is 0 Å². The van der Waals surface area contributed by atoms with Crippen LogP contribution in [0.15, 0.2) is 48.5 Å². The summed E-state index contributed by atoms with van der Waals surface area (Å²) in [5, 5.41) is 9.01. The predicted octanol–water partition coefficient (Wildman–Crippen LogP) is 4.48. The molecule has 2 aromatic carbocycles. The molecular weight excluding hydrogens is 328 g/mol. The van der Waals surface area contributed by atoms with Crippen molar-refractivity contribution in [2.75, 3.05) is 6.61 Å². The number of hydrogen-bond acceptors (Lipinski definition) is 3. The van der Waals surface area contributed by atoms with Gasteiger partial charge in [-0.25, -0.2) is 0 Å². The van der Waals surface area contributed by atoms with Crippen molar-refractivity contribution in [1.29, 1.82) is 0 Å². The van der Waals surface area contributed by atoms with Gasteiger partial charge in [0.25, 0.3) is 0 Å². The zero-order chi connectivity index (χ0) is 18.7. The third-order valence-electron chi connectivity index (χ3n) is 5.18. The number of carboxylic acids is 1. The Balaban J connectivity index is 1.70. The van der Waals surface area contributed by atoms with Crippen molar-refractivity contribution < 1.29 is 19.4 Å². The van der Waals surface area contributed by atoms with E-state index in [1.807, 2.05) is 38.1 Å². The van der Waals surface area contributed by atoms with Crippen molar-refractivity contribution in [2.24, 2.45) is 11.8 Å². The normalized spacial score (nSPS) is 14.0. The van der Waals surface area contributed by atoms with Gasteiger partial charge in [0.15, 0.2) is 0 Å². The number of ether oxygens (including phenoxy) is 1. The molecule has 4 nitrogen and oxygen atoms in total. The van der Waals surface area contributed by atoms with Gasteiger partial charge in [0.1, 0.15) is 6.61 Å². The Bertz CT molecular complexity index is 764. The molecule has 0 saturated heterocycles. The zero-order valence-electron chi connectivity index (χ0n) is 15.1. The van der Waals surface area contributed by atoms with Gasteiger partial charge in [-0.3, -0.25) is 9.59 Å². The van der Waals surface area contributed by atoms with Crippen LogP contribution in [0.4, 0.5) is 0 Å². The summed E-state index contributed by atoms with van der Waals surface area (Å²) in [4.78, 5) is 23.3. The number of aliphatic carboxylic acids is 1. The lowest BCUT2D eigenvalue weighted by molar-refractivity contribution is -0.146. The Morgan fingerprint density at radius 3 is 2.00 bits per heavy atom. The fourth-order valence-electron chi connectivity index (χ4n) is 3.66. The van der Waals surface area contributed by atoms with Crippen LogP contribution in [0.1, 0.15) is 43.7 Å². The van der Waals surface area contributed by atoms with Crippen molar-refractivity contribution in [3.8, 4) is 11.1 Å². The van der Waals surface area contributed by atoms with Crippen LogP contribution in [0.25, 0.3) is 11.1 Å². The molecule has 4 heteroatoms. The first kappa shape index (κ1) is 18.2. The number of fused-ring (bicyclic) bond motifs is 3. The van der Waals surface area contributed by atoms with E-state index in [0.717, 1.165) is 0 Å². The van der Waals surface area contributed by atoms with Gasteiger partial charge in [-0.1, -0.05) is 62.4 Å². The molecule has 26 heavy (non-hydrogen) atoms. The Hall–Kier alpha value is -2.62. The van der Waals surface area contributed by atoms with Gasteiger partial charge in [0, 0.05) is 18.8 Å². The molecule has 3 rings (SSSR count). The quantitative estimate of drug-likeness (QED) is 0.746. The number of esters is 1. The summed E-state index contributed by atoms with van der Waals surface area (Å²) >= 11 is 0. The fraction of sp³-hybridized carbons (Fsp3) is 0.364. The van der Waals surface area contributed by atoms with Gasteiger partial charge in [-0.05, 0) is 34.1 Å². The first-order valence-corrected chi connectivity index (χ1v) is 9.03. The smallest absolute Gasteiger partial charge is 0.306 e. The monoisotopic (exact) mass is 352 g/mol. The highest BCUT2D eigenvalue weighted by atomic mass is 16.5. The Morgan fingerprint density at radius 1 is 0.962 bits per heavy atom. The molecule has 0 radical (unpaired) electrons. The first-order chi connectivity index (χ1) is 12.5. The van der Waals surface area contributed by atoms with Crippen LogP contribution in [0.5, 0.6) is 0 Å². The predicted molar refractivity (Wildman–Crippen MR) is 99.9 cm³/mol. The van der Waals surface area contributed by atoms with Gasteiger partial charge >= 0.3 is 11.9 Å². The number of hydrogen-bond donors (Lipinski definition) is 1. The van der Waals surface area contributed by atoms with E-state index in [1.54, 1.807) is 0 Å². The lowest BCUT2D eigenvalue weighted by atomic mass is 9.89. The van der Waals surface area contributed by atoms with E-state index in [0.29, 0.717) is 0 Å². The number of carbonyl (C=O) groups excluding carboxylic acids is 1. The summed E-state index contributed by atoms with van der Waals surface area (Å²) in [6, 6.07) is 16.4. The Morgan fingerprint density at radius 2 is 1.50 bits per heavy atom. The summed E-state index contributed by atoms with van der Waals surface area (Å²) in [6.07, 6.45) is 0.127. The maximum Gasteiger partial charge on any atom is 0.306 e. The maximum atomic E-state index is 12.3. The summed E-state index contributed by atoms with van der Waals surface area (Å²) in [6.45, 7) is 4.15. The lowest BCUT2D eigenvalue weighted by Crippen LogP contribution is -2.21. The largest absolute Gasteiger partial charge is 0.481 e. The van der Waals surface area contributed by atoms with Crippen LogP contribution in [-0.4, -0.2) is 23.7 Å². The zero-order valence-corrected chi connectivity index (χ0v) is 15.1. The van der Waals surface area contributed by atoms with Gasteiger partial charge in [0.05, 0.1) is 0 Å². The SMILES string of the molecule is CC(C)[C@H](CC(=O)O)CC(=O)OCC1c2ccccc2-c2ccccc21. The minimum atomic E-state index is -0.879. The molecule has 0 aliphatic heterocycles. The molecule has 1 N–H and O–H groups in total. The van der Waals surface area contributed by atoms with Gasteiger partial charge in [-0.15, -0.1) is 0 Å². The molecule has 1 atom stereocenters. The molecule has 0 bridgehead atoms. The molecule has 0 heterocycles.